The summed E-state index contributed by atoms with van der Waals surface area (Å²) in [6, 6.07) is 9.97. The van der Waals surface area contributed by atoms with Gasteiger partial charge in [-0.1, -0.05) is 18.2 Å². The lowest BCUT2D eigenvalue weighted by Gasteiger charge is -2.17. The molecule has 0 aliphatic heterocycles. The van der Waals surface area contributed by atoms with Crippen LogP contribution in [0.3, 0.4) is 0 Å². The van der Waals surface area contributed by atoms with E-state index in [-0.39, 0.29) is 0 Å². The SMILES string of the molecule is CN(/N=C1\CCCC(=O)C1)c1ccccc1. The Hall–Kier alpha value is -1.64. The third-order valence-corrected chi connectivity index (χ3v) is 2.74. The number of rotatable bonds is 2. The molecule has 0 heterocycles. The minimum absolute atomic E-state index is 0.312. The van der Waals surface area contributed by atoms with Gasteiger partial charge in [-0.3, -0.25) is 9.80 Å². The average Bonchev–Trinajstić information content (AvgIpc) is 2.30. The summed E-state index contributed by atoms with van der Waals surface area (Å²) in [4.78, 5) is 11.3. The molecule has 3 nitrogen and oxygen atoms in total. The molecule has 2 rings (SSSR count). The van der Waals surface area contributed by atoms with E-state index in [4.69, 9.17) is 0 Å². The maximum Gasteiger partial charge on any atom is 0.138 e. The number of para-hydroxylation sites is 1. The number of hydrogen-bond acceptors (Lipinski definition) is 3. The molecular formula is C13H16N2O. The van der Waals surface area contributed by atoms with Gasteiger partial charge >= 0.3 is 0 Å². The fourth-order valence-electron chi connectivity index (χ4n) is 1.89. The zero-order valence-corrected chi connectivity index (χ0v) is 9.52. The first-order valence-electron chi connectivity index (χ1n) is 5.62. The van der Waals surface area contributed by atoms with E-state index in [1.807, 2.05) is 42.4 Å². The molecule has 84 valence electrons. The fraction of sp³-hybridized carbons (Fsp3) is 0.385. The molecule has 0 bridgehead atoms. The molecule has 0 saturated heterocycles. The molecular weight excluding hydrogens is 200 g/mol. The van der Waals surface area contributed by atoms with E-state index in [1.54, 1.807) is 0 Å². The summed E-state index contributed by atoms with van der Waals surface area (Å²) in [6.07, 6.45) is 3.13. The van der Waals surface area contributed by atoms with Gasteiger partial charge in [0, 0.05) is 25.6 Å². The number of Topliss-reactive ketones (excluding diaryl/α,β-unsaturated/α-hetero) is 1. The second-order valence-corrected chi connectivity index (χ2v) is 4.09. The lowest BCUT2D eigenvalue weighted by atomic mass is 9.97. The van der Waals surface area contributed by atoms with Gasteiger partial charge < -0.3 is 0 Å². The maximum absolute atomic E-state index is 11.3. The van der Waals surface area contributed by atoms with E-state index in [2.05, 4.69) is 5.10 Å². The topological polar surface area (TPSA) is 32.7 Å². The van der Waals surface area contributed by atoms with Crippen LogP contribution in [0.5, 0.6) is 0 Å². The van der Waals surface area contributed by atoms with Crippen molar-refractivity contribution in [1.29, 1.82) is 0 Å². The second kappa shape index (κ2) is 4.92. The molecule has 0 atom stereocenters. The van der Waals surface area contributed by atoms with Crippen LogP contribution in [-0.2, 0) is 4.79 Å². The normalized spacial score (nSPS) is 18.8. The minimum atomic E-state index is 0.312. The molecule has 3 heteroatoms. The quantitative estimate of drug-likeness (QED) is 0.712. The minimum Gasteiger partial charge on any atom is -0.299 e. The molecule has 1 aromatic rings. The van der Waals surface area contributed by atoms with Crippen LogP contribution in [0.15, 0.2) is 35.4 Å². The monoisotopic (exact) mass is 216 g/mol. The van der Waals surface area contributed by atoms with Crippen molar-refractivity contribution in [2.75, 3.05) is 12.1 Å². The number of nitrogens with zero attached hydrogens (tertiary/aromatic N) is 2. The predicted octanol–water partition coefficient (Wildman–Crippen LogP) is 2.62. The van der Waals surface area contributed by atoms with Gasteiger partial charge in [-0.05, 0) is 25.0 Å². The molecule has 1 aromatic carbocycles. The molecule has 1 saturated carbocycles. The van der Waals surface area contributed by atoms with Crippen LogP contribution < -0.4 is 5.01 Å². The molecule has 0 radical (unpaired) electrons. The molecule has 1 aliphatic carbocycles. The standard InChI is InChI=1S/C13H16N2O/c1-15(12-7-3-2-4-8-12)14-11-6-5-9-13(16)10-11/h2-4,7-8H,5-6,9-10H2,1H3/b14-11+. The van der Waals surface area contributed by atoms with Crippen molar-refractivity contribution in [2.45, 2.75) is 25.7 Å². The molecule has 0 spiro atoms. The highest BCUT2D eigenvalue weighted by Gasteiger charge is 2.15. The van der Waals surface area contributed by atoms with E-state index in [0.29, 0.717) is 18.6 Å². The highest BCUT2D eigenvalue weighted by molar-refractivity contribution is 6.04. The maximum atomic E-state index is 11.3. The van der Waals surface area contributed by atoms with E-state index in [0.717, 1.165) is 24.2 Å². The fourth-order valence-corrected chi connectivity index (χ4v) is 1.89. The largest absolute Gasteiger partial charge is 0.299 e. The van der Waals surface area contributed by atoms with E-state index < -0.39 is 0 Å². The van der Waals surface area contributed by atoms with Gasteiger partial charge in [0.15, 0.2) is 0 Å². The second-order valence-electron chi connectivity index (χ2n) is 4.09. The van der Waals surface area contributed by atoms with Gasteiger partial charge in [-0.15, -0.1) is 0 Å². The zero-order chi connectivity index (χ0) is 11.4. The lowest BCUT2D eigenvalue weighted by Crippen LogP contribution is -2.19. The van der Waals surface area contributed by atoms with Gasteiger partial charge in [0.25, 0.3) is 0 Å². The number of carbonyl (C=O) groups is 1. The van der Waals surface area contributed by atoms with Crippen molar-refractivity contribution >= 4 is 17.2 Å². The van der Waals surface area contributed by atoms with Crippen LogP contribution in [0.1, 0.15) is 25.7 Å². The summed E-state index contributed by atoms with van der Waals surface area (Å²) < 4.78 is 0. The molecule has 0 N–H and O–H groups in total. The molecule has 0 amide bonds. The van der Waals surface area contributed by atoms with Crippen LogP contribution in [0.4, 0.5) is 5.69 Å². The molecule has 0 aromatic heterocycles. The summed E-state index contributed by atoms with van der Waals surface area (Å²) in [5.41, 5.74) is 2.05. The number of carbonyl (C=O) groups excluding carboxylic acids is 1. The van der Waals surface area contributed by atoms with Crippen LogP contribution in [-0.4, -0.2) is 18.5 Å². The molecule has 16 heavy (non-hydrogen) atoms. The first-order valence-corrected chi connectivity index (χ1v) is 5.62. The Kier molecular flexibility index (Phi) is 3.34. The smallest absolute Gasteiger partial charge is 0.138 e. The number of anilines is 1. The molecule has 0 unspecified atom stereocenters. The van der Waals surface area contributed by atoms with E-state index in [9.17, 15) is 4.79 Å². The highest BCUT2D eigenvalue weighted by Crippen LogP contribution is 2.16. The van der Waals surface area contributed by atoms with Crippen LogP contribution in [0, 0.1) is 0 Å². The number of hydrogen-bond donors (Lipinski definition) is 0. The van der Waals surface area contributed by atoms with Crippen LogP contribution >= 0.6 is 0 Å². The average molecular weight is 216 g/mol. The van der Waals surface area contributed by atoms with Crippen molar-refractivity contribution in [3.05, 3.63) is 30.3 Å². The first kappa shape index (κ1) is 10.9. The van der Waals surface area contributed by atoms with Gasteiger partial charge in [0.05, 0.1) is 5.69 Å². The third-order valence-electron chi connectivity index (χ3n) is 2.74. The van der Waals surface area contributed by atoms with E-state index >= 15 is 0 Å². The molecule has 1 fully saturated rings. The third kappa shape index (κ3) is 2.69. The van der Waals surface area contributed by atoms with Crippen molar-refractivity contribution in [3.8, 4) is 0 Å². The molecule has 1 aliphatic rings. The number of hydrazone groups is 1. The van der Waals surface area contributed by atoms with Gasteiger partial charge in [-0.25, -0.2) is 0 Å². The zero-order valence-electron chi connectivity index (χ0n) is 9.52. The summed E-state index contributed by atoms with van der Waals surface area (Å²) in [5, 5.41) is 6.33. The van der Waals surface area contributed by atoms with Crippen molar-refractivity contribution in [1.82, 2.24) is 0 Å². The van der Waals surface area contributed by atoms with Gasteiger partial charge in [-0.2, -0.15) is 5.10 Å². The van der Waals surface area contributed by atoms with Gasteiger partial charge in [0.1, 0.15) is 5.78 Å². The summed E-state index contributed by atoms with van der Waals surface area (Å²) in [7, 11) is 1.92. The van der Waals surface area contributed by atoms with Crippen molar-refractivity contribution < 1.29 is 4.79 Å². The Morgan fingerprint density at radius 3 is 2.62 bits per heavy atom. The Bertz CT molecular complexity index is 398. The Labute approximate surface area is 95.8 Å². The Balaban J connectivity index is 2.08. The predicted molar refractivity (Wildman–Crippen MR) is 65.8 cm³/mol. The summed E-state index contributed by atoms with van der Waals surface area (Å²) >= 11 is 0. The van der Waals surface area contributed by atoms with Crippen molar-refractivity contribution in [2.24, 2.45) is 5.10 Å². The highest BCUT2D eigenvalue weighted by atomic mass is 16.1. The number of ketones is 1. The number of benzene rings is 1. The first-order chi connectivity index (χ1) is 7.75. The van der Waals surface area contributed by atoms with Crippen molar-refractivity contribution in [3.63, 3.8) is 0 Å². The van der Waals surface area contributed by atoms with Crippen LogP contribution in [0.25, 0.3) is 0 Å². The van der Waals surface area contributed by atoms with E-state index in [1.165, 1.54) is 0 Å². The lowest BCUT2D eigenvalue weighted by molar-refractivity contribution is -0.118. The summed E-state index contributed by atoms with van der Waals surface area (Å²) in [5.74, 6) is 0.312. The van der Waals surface area contributed by atoms with Crippen LogP contribution in [0.2, 0.25) is 0 Å². The summed E-state index contributed by atoms with van der Waals surface area (Å²) in [6.45, 7) is 0. The van der Waals surface area contributed by atoms with Gasteiger partial charge in [0.2, 0.25) is 0 Å². The Morgan fingerprint density at radius 1 is 1.19 bits per heavy atom. The Morgan fingerprint density at radius 2 is 1.94 bits per heavy atom.